The van der Waals surface area contributed by atoms with Crippen LogP contribution in [-0.4, -0.2) is 54.4 Å². The third kappa shape index (κ3) is 2.61. The average molecular weight is 268 g/mol. The molecule has 1 unspecified atom stereocenters. The van der Waals surface area contributed by atoms with E-state index in [1.807, 2.05) is 0 Å². The van der Waals surface area contributed by atoms with E-state index in [4.69, 9.17) is 5.11 Å². The molecule has 0 spiro atoms. The van der Waals surface area contributed by atoms with Crippen molar-refractivity contribution < 1.29 is 23.1 Å². The van der Waals surface area contributed by atoms with E-state index in [9.17, 15) is 18.0 Å². The van der Waals surface area contributed by atoms with Crippen LogP contribution in [-0.2, 0) is 4.79 Å². The lowest BCUT2D eigenvalue weighted by atomic mass is 9.84. The Morgan fingerprint density at radius 1 is 1.50 bits per heavy atom. The van der Waals surface area contributed by atoms with Crippen LogP contribution in [0.2, 0.25) is 0 Å². The fraction of sp³-hybridized carbons (Fsp3) is 0.909. The van der Waals surface area contributed by atoms with Crippen molar-refractivity contribution in [2.24, 2.45) is 5.41 Å². The molecule has 1 amide bonds. The van der Waals surface area contributed by atoms with Gasteiger partial charge in [-0.25, -0.2) is 0 Å². The SMILES string of the molecule is CC(C)N(CCO)C(=O)C1(C(F)(F)F)CCNC1. The zero-order chi connectivity index (χ0) is 14.0. The molecular weight excluding hydrogens is 249 g/mol. The van der Waals surface area contributed by atoms with Crippen LogP contribution in [0, 0.1) is 5.41 Å². The van der Waals surface area contributed by atoms with Crippen molar-refractivity contribution in [3.05, 3.63) is 0 Å². The molecule has 0 aromatic rings. The van der Waals surface area contributed by atoms with Crippen molar-refractivity contribution in [1.29, 1.82) is 0 Å². The Kier molecular flexibility index (Phi) is 4.61. The predicted octanol–water partition coefficient (Wildman–Crippen LogP) is 0.758. The number of aliphatic hydroxyl groups is 1. The molecule has 1 atom stereocenters. The second-order valence-electron chi connectivity index (χ2n) is 4.82. The zero-order valence-corrected chi connectivity index (χ0v) is 10.5. The second-order valence-corrected chi connectivity index (χ2v) is 4.82. The summed E-state index contributed by atoms with van der Waals surface area (Å²) in [7, 11) is 0. The second kappa shape index (κ2) is 5.44. The predicted molar refractivity (Wildman–Crippen MR) is 59.9 cm³/mol. The van der Waals surface area contributed by atoms with E-state index in [1.54, 1.807) is 13.8 Å². The molecule has 0 bridgehead atoms. The molecule has 1 heterocycles. The number of carbonyl (C=O) groups excluding carboxylic acids is 1. The summed E-state index contributed by atoms with van der Waals surface area (Å²) in [6.07, 6.45) is -4.82. The Morgan fingerprint density at radius 3 is 2.44 bits per heavy atom. The summed E-state index contributed by atoms with van der Waals surface area (Å²) >= 11 is 0. The van der Waals surface area contributed by atoms with Crippen LogP contribution in [0.25, 0.3) is 0 Å². The van der Waals surface area contributed by atoms with Crippen LogP contribution in [0.1, 0.15) is 20.3 Å². The Labute approximate surface area is 104 Å². The van der Waals surface area contributed by atoms with Gasteiger partial charge < -0.3 is 15.3 Å². The summed E-state index contributed by atoms with van der Waals surface area (Å²) in [6.45, 7) is 2.65. The first-order valence-corrected chi connectivity index (χ1v) is 5.95. The van der Waals surface area contributed by atoms with Crippen molar-refractivity contribution >= 4 is 5.91 Å². The third-order valence-corrected chi connectivity index (χ3v) is 3.33. The van der Waals surface area contributed by atoms with Gasteiger partial charge in [0, 0.05) is 19.1 Å². The Morgan fingerprint density at radius 2 is 2.11 bits per heavy atom. The van der Waals surface area contributed by atoms with Crippen LogP contribution in [0.4, 0.5) is 13.2 Å². The molecule has 1 fully saturated rings. The molecule has 2 N–H and O–H groups in total. The van der Waals surface area contributed by atoms with Gasteiger partial charge in [-0.3, -0.25) is 4.79 Å². The van der Waals surface area contributed by atoms with Gasteiger partial charge in [0.25, 0.3) is 0 Å². The molecule has 0 radical (unpaired) electrons. The molecular formula is C11H19F3N2O2. The fourth-order valence-electron chi connectivity index (χ4n) is 2.21. The number of halogens is 3. The first-order valence-electron chi connectivity index (χ1n) is 5.95. The number of rotatable bonds is 4. The van der Waals surface area contributed by atoms with Crippen molar-refractivity contribution in [1.82, 2.24) is 10.2 Å². The highest BCUT2D eigenvalue weighted by atomic mass is 19.4. The van der Waals surface area contributed by atoms with Gasteiger partial charge in [-0.15, -0.1) is 0 Å². The number of hydrogen-bond acceptors (Lipinski definition) is 3. The van der Waals surface area contributed by atoms with Gasteiger partial charge in [-0.05, 0) is 26.8 Å². The van der Waals surface area contributed by atoms with E-state index < -0.39 is 17.5 Å². The van der Waals surface area contributed by atoms with Gasteiger partial charge in [-0.2, -0.15) is 13.2 Å². The summed E-state index contributed by atoms with van der Waals surface area (Å²) in [5, 5.41) is 11.5. The van der Waals surface area contributed by atoms with Gasteiger partial charge in [0.15, 0.2) is 5.41 Å². The van der Waals surface area contributed by atoms with Gasteiger partial charge in [0.2, 0.25) is 5.91 Å². The molecule has 7 heteroatoms. The van der Waals surface area contributed by atoms with E-state index >= 15 is 0 Å². The molecule has 18 heavy (non-hydrogen) atoms. The van der Waals surface area contributed by atoms with Crippen molar-refractivity contribution in [2.45, 2.75) is 32.5 Å². The average Bonchev–Trinajstić information content (AvgIpc) is 2.73. The number of carbonyl (C=O) groups is 1. The number of hydrogen-bond donors (Lipinski definition) is 2. The zero-order valence-electron chi connectivity index (χ0n) is 10.5. The molecule has 0 aromatic heterocycles. The largest absolute Gasteiger partial charge is 0.404 e. The van der Waals surface area contributed by atoms with Crippen molar-refractivity contribution in [3.63, 3.8) is 0 Å². The lowest BCUT2D eigenvalue weighted by molar-refractivity contribution is -0.222. The number of aliphatic hydroxyl groups excluding tert-OH is 1. The minimum absolute atomic E-state index is 0.0751. The summed E-state index contributed by atoms with van der Waals surface area (Å²) in [5.74, 6) is -0.941. The summed E-state index contributed by atoms with van der Waals surface area (Å²) < 4.78 is 39.5. The molecule has 1 rings (SSSR count). The normalized spacial score (nSPS) is 24.6. The lowest BCUT2D eigenvalue weighted by Crippen LogP contribution is -2.55. The van der Waals surface area contributed by atoms with Gasteiger partial charge in [-0.1, -0.05) is 0 Å². The quantitative estimate of drug-likeness (QED) is 0.791. The molecule has 1 aliphatic heterocycles. The summed E-state index contributed by atoms with van der Waals surface area (Å²) in [6, 6.07) is -0.371. The fourth-order valence-corrected chi connectivity index (χ4v) is 2.21. The smallest absolute Gasteiger partial charge is 0.395 e. The minimum Gasteiger partial charge on any atom is -0.395 e. The topological polar surface area (TPSA) is 52.6 Å². The molecule has 1 saturated heterocycles. The Balaban J connectivity index is 3.02. The molecule has 0 saturated carbocycles. The molecule has 106 valence electrons. The van der Waals surface area contributed by atoms with Gasteiger partial charge in [0.05, 0.1) is 6.61 Å². The molecule has 1 aliphatic rings. The van der Waals surface area contributed by atoms with Crippen LogP contribution in [0.15, 0.2) is 0 Å². The van der Waals surface area contributed by atoms with E-state index in [1.165, 1.54) is 0 Å². The summed E-state index contributed by atoms with van der Waals surface area (Å²) in [5.41, 5.74) is -2.34. The highest BCUT2D eigenvalue weighted by Crippen LogP contribution is 2.44. The maximum absolute atomic E-state index is 13.2. The number of alkyl halides is 3. The maximum Gasteiger partial charge on any atom is 0.404 e. The third-order valence-electron chi connectivity index (χ3n) is 3.33. The monoisotopic (exact) mass is 268 g/mol. The molecule has 4 nitrogen and oxygen atoms in total. The number of nitrogens with zero attached hydrogens (tertiary/aromatic N) is 1. The standard InChI is InChI=1S/C11H19F3N2O2/c1-8(2)16(5-6-17)9(18)10(11(12,13)14)3-4-15-7-10/h8,15,17H,3-7H2,1-2H3. The van der Waals surface area contributed by atoms with E-state index in [0.29, 0.717) is 0 Å². The van der Waals surface area contributed by atoms with Crippen LogP contribution < -0.4 is 5.32 Å². The molecule has 0 aliphatic carbocycles. The Bertz CT molecular complexity index is 299. The van der Waals surface area contributed by atoms with E-state index in [2.05, 4.69) is 5.32 Å². The van der Waals surface area contributed by atoms with Crippen molar-refractivity contribution in [2.75, 3.05) is 26.2 Å². The highest BCUT2D eigenvalue weighted by molar-refractivity contribution is 5.84. The van der Waals surface area contributed by atoms with Gasteiger partial charge >= 0.3 is 6.18 Å². The first-order chi connectivity index (χ1) is 8.26. The molecule has 0 aromatic carbocycles. The number of nitrogens with one attached hydrogen (secondary N) is 1. The van der Waals surface area contributed by atoms with E-state index in [0.717, 1.165) is 4.90 Å². The minimum atomic E-state index is -4.57. The van der Waals surface area contributed by atoms with Crippen LogP contribution in [0.3, 0.4) is 0 Å². The van der Waals surface area contributed by atoms with Crippen LogP contribution in [0.5, 0.6) is 0 Å². The maximum atomic E-state index is 13.2. The van der Waals surface area contributed by atoms with E-state index in [-0.39, 0.29) is 38.7 Å². The first kappa shape index (κ1) is 15.2. The van der Waals surface area contributed by atoms with Gasteiger partial charge in [0.1, 0.15) is 0 Å². The highest BCUT2D eigenvalue weighted by Gasteiger charge is 2.62. The summed E-state index contributed by atoms with van der Waals surface area (Å²) in [4.78, 5) is 13.3. The van der Waals surface area contributed by atoms with Crippen molar-refractivity contribution in [3.8, 4) is 0 Å². The Hall–Kier alpha value is -0.820. The lowest BCUT2D eigenvalue weighted by Gasteiger charge is -2.37. The number of amides is 1. The van der Waals surface area contributed by atoms with Crippen LogP contribution >= 0.6 is 0 Å².